The number of aromatic nitrogens is 2. The topological polar surface area (TPSA) is 121 Å². The van der Waals surface area contributed by atoms with Crippen LogP contribution in [0.25, 0.3) is 22.2 Å². The van der Waals surface area contributed by atoms with E-state index in [0.717, 1.165) is 0 Å². The molecule has 1 aliphatic rings. The first-order valence-electron chi connectivity index (χ1n) is 9.68. The number of hydrogen-bond donors (Lipinski definition) is 1. The van der Waals surface area contributed by atoms with Crippen molar-refractivity contribution in [1.29, 1.82) is 0 Å². The highest BCUT2D eigenvalue weighted by Gasteiger charge is 2.30. The van der Waals surface area contributed by atoms with Gasteiger partial charge in [0.2, 0.25) is 0 Å². The molecule has 1 aromatic heterocycles. The van der Waals surface area contributed by atoms with Crippen molar-refractivity contribution in [3.63, 3.8) is 0 Å². The quantitative estimate of drug-likeness (QED) is 0.423. The van der Waals surface area contributed by atoms with Crippen LogP contribution in [-0.4, -0.2) is 28.3 Å². The van der Waals surface area contributed by atoms with E-state index >= 15 is 0 Å². The molecule has 0 unspecified atom stereocenters. The van der Waals surface area contributed by atoms with E-state index < -0.39 is 20.7 Å². The highest BCUT2D eigenvalue weighted by Crippen LogP contribution is 2.41. The molecule has 5 rings (SSSR count). The third-order valence-electron chi connectivity index (χ3n) is 5.61. The molecule has 1 aliphatic carbocycles. The first-order valence-corrected chi connectivity index (χ1v) is 11.1. The lowest BCUT2D eigenvalue weighted by molar-refractivity contribution is 0.104. The molecular formula is C23H16N3O5S-. The monoisotopic (exact) mass is 446 g/mol. The normalized spacial score (nSPS) is 12.7. The number of aryl methyl sites for hydroxylation is 2. The molecule has 8 nitrogen and oxygen atoms in total. The largest absolute Gasteiger partial charge is 0.744 e. The molecule has 0 spiro atoms. The maximum Gasteiger partial charge on any atom is 0.348 e. The number of rotatable bonds is 3. The summed E-state index contributed by atoms with van der Waals surface area (Å²) in [6.07, 6.45) is 0. The highest BCUT2D eigenvalue weighted by atomic mass is 32.2. The van der Waals surface area contributed by atoms with Gasteiger partial charge in [-0.15, -0.1) is 0 Å². The Morgan fingerprint density at radius 1 is 0.969 bits per heavy atom. The number of fused-ring (bicyclic) bond motifs is 2. The van der Waals surface area contributed by atoms with Gasteiger partial charge in [-0.25, -0.2) is 13.2 Å². The maximum absolute atomic E-state index is 13.5. The molecule has 160 valence electrons. The molecule has 0 amide bonds. The zero-order valence-corrected chi connectivity index (χ0v) is 17.9. The fourth-order valence-corrected chi connectivity index (χ4v) is 4.80. The number of nitrogens with zero attached hydrogens (tertiary/aromatic N) is 2. The van der Waals surface area contributed by atoms with Crippen molar-refractivity contribution in [1.82, 2.24) is 9.55 Å². The van der Waals surface area contributed by atoms with Gasteiger partial charge in [-0.2, -0.15) is 4.98 Å². The van der Waals surface area contributed by atoms with Gasteiger partial charge in [0.1, 0.15) is 10.1 Å². The van der Waals surface area contributed by atoms with E-state index in [1.807, 2.05) is 0 Å². The summed E-state index contributed by atoms with van der Waals surface area (Å²) in [6, 6.07) is 14.6. The predicted octanol–water partition coefficient (Wildman–Crippen LogP) is 3.10. The Morgan fingerprint density at radius 3 is 2.38 bits per heavy atom. The van der Waals surface area contributed by atoms with Crippen LogP contribution in [0.3, 0.4) is 0 Å². The summed E-state index contributed by atoms with van der Waals surface area (Å²) in [6.45, 7) is 1.68. The Balaban J connectivity index is 1.83. The van der Waals surface area contributed by atoms with Crippen molar-refractivity contribution in [2.45, 2.75) is 11.8 Å². The summed E-state index contributed by atoms with van der Waals surface area (Å²) in [4.78, 5) is 29.8. The smallest absolute Gasteiger partial charge is 0.348 e. The SMILES string of the molecule is Cc1ccc(Nc2ccc3c4c(nc(=O)n3C)-c3ccccc3C(=O)c24)c(S(=O)(=O)[O-])c1. The van der Waals surface area contributed by atoms with Gasteiger partial charge < -0.3 is 9.87 Å². The van der Waals surface area contributed by atoms with Gasteiger partial charge in [-0.3, -0.25) is 9.36 Å². The number of benzene rings is 3. The standard InChI is InChI=1S/C23H17N3O5S/c1-12-7-8-15(18(11-12)32(29,30)31)24-16-9-10-17-20-19(16)22(27)14-6-4-3-5-13(14)21(20)25-23(28)26(17)2/h3-11,24H,1-2H3,(H,29,30,31)/p-1. The van der Waals surface area contributed by atoms with Crippen LogP contribution in [0, 0.1) is 6.92 Å². The van der Waals surface area contributed by atoms with Crippen molar-refractivity contribution < 1.29 is 17.8 Å². The van der Waals surface area contributed by atoms with E-state index in [9.17, 15) is 22.6 Å². The van der Waals surface area contributed by atoms with Crippen molar-refractivity contribution in [2.24, 2.45) is 7.05 Å². The lowest BCUT2D eigenvalue weighted by Crippen LogP contribution is -2.24. The number of anilines is 2. The van der Waals surface area contributed by atoms with Crippen LogP contribution in [-0.2, 0) is 17.2 Å². The van der Waals surface area contributed by atoms with Crippen LogP contribution in [0.2, 0.25) is 0 Å². The molecule has 32 heavy (non-hydrogen) atoms. The predicted molar refractivity (Wildman–Crippen MR) is 118 cm³/mol. The summed E-state index contributed by atoms with van der Waals surface area (Å²) in [5.74, 6) is -0.291. The number of hydrogen-bond acceptors (Lipinski definition) is 7. The summed E-state index contributed by atoms with van der Waals surface area (Å²) >= 11 is 0. The van der Waals surface area contributed by atoms with Gasteiger partial charge in [0.15, 0.2) is 5.78 Å². The first-order chi connectivity index (χ1) is 15.2. The molecule has 0 atom stereocenters. The van der Waals surface area contributed by atoms with Gasteiger partial charge >= 0.3 is 5.69 Å². The molecule has 4 aromatic rings. The van der Waals surface area contributed by atoms with Crippen LogP contribution in [0.1, 0.15) is 21.5 Å². The average Bonchev–Trinajstić information content (AvgIpc) is 2.75. The van der Waals surface area contributed by atoms with E-state index in [4.69, 9.17) is 0 Å². The molecule has 0 saturated heterocycles. The van der Waals surface area contributed by atoms with Gasteiger partial charge in [0, 0.05) is 23.6 Å². The van der Waals surface area contributed by atoms with Crippen molar-refractivity contribution in [2.75, 3.05) is 5.32 Å². The third kappa shape index (κ3) is 2.94. The molecule has 3 aromatic carbocycles. The lowest BCUT2D eigenvalue weighted by atomic mass is 9.85. The van der Waals surface area contributed by atoms with Crippen LogP contribution in [0.4, 0.5) is 11.4 Å². The van der Waals surface area contributed by atoms with Gasteiger partial charge in [0.25, 0.3) is 0 Å². The van der Waals surface area contributed by atoms with Crippen molar-refractivity contribution >= 4 is 38.2 Å². The second-order valence-electron chi connectivity index (χ2n) is 7.64. The van der Waals surface area contributed by atoms with Crippen LogP contribution in [0.5, 0.6) is 0 Å². The van der Waals surface area contributed by atoms with E-state index in [1.54, 1.807) is 56.4 Å². The minimum absolute atomic E-state index is 0.0622. The highest BCUT2D eigenvalue weighted by molar-refractivity contribution is 7.86. The van der Waals surface area contributed by atoms with Crippen LogP contribution in [0.15, 0.2) is 64.3 Å². The summed E-state index contributed by atoms with van der Waals surface area (Å²) in [5.41, 5.74) is 2.63. The number of ketones is 1. The Bertz CT molecular complexity index is 1640. The first kappa shape index (κ1) is 20.1. The third-order valence-corrected chi connectivity index (χ3v) is 6.48. The van der Waals surface area contributed by atoms with Crippen LogP contribution >= 0.6 is 0 Å². The zero-order valence-electron chi connectivity index (χ0n) is 17.0. The number of nitrogens with one attached hydrogen (secondary N) is 1. The zero-order chi connectivity index (χ0) is 22.8. The average molecular weight is 446 g/mol. The Morgan fingerprint density at radius 2 is 1.66 bits per heavy atom. The number of carbonyl (C=O) groups excluding carboxylic acids is 1. The summed E-state index contributed by atoms with van der Waals surface area (Å²) in [7, 11) is -3.19. The molecule has 0 aliphatic heterocycles. The maximum atomic E-state index is 13.5. The second kappa shape index (κ2) is 6.84. The second-order valence-corrected chi connectivity index (χ2v) is 8.99. The Labute approximate surface area is 182 Å². The Hall–Kier alpha value is -3.82. The van der Waals surface area contributed by atoms with Gasteiger partial charge in [0.05, 0.1) is 33.0 Å². The molecule has 0 bridgehead atoms. The molecule has 0 radical (unpaired) electrons. The molecule has 9 heteroatoms. The summed E-state index contributed by atoms with van der Waals surface area (Å²) < 4.78 is 36.8. The molecule has 1 N–H and O–H groups in total. The fraction of sp³-hybridized carbons (Fsp3) is 0.0870. The fourth-order valence-electron chi connectivity index (χ4n) is 4.08. The van der Waals surface area contributed by atoms with Gasteiger partial charge in [-0.05, 0) is 36.8 Å². The van der Waals surface area contributed by atoms with Crippen molar-refractivity contribution in [3.8, 4) is 11.3 Å². The molecule has 0 fully saturated rings. The van der Waals surface area contributed by atoms with E-state index in [2.05, 4.69) is 10.3 Å². The van der Waals surface area contributed by atoms with E-state index in [-0.39, 0.29) is 17.0 Å². The Kier molecular flexibility index (Phi) is 4.30. The molecular weight excluding hydrogens is 430 g/mol. The lowest BCUT2D eigenvalue weighted by Gasteiger charge is -2.23. The van der Waals surface area contributed by atoms with Crippen LogP contribution < -0.4 is 11.0 Å². The molecule has 0 saturated carbocycles. The number of carbonyl (C=O) groups is 1. The summed E-state index contributed by atoms with van der Waals surface area (Å²) in [5, 5.41) is 3.44. The van der Waals surface area contributed by atoms with E-state index in [1.165, 1.54) is 16.7 Å². The van der Waals surface area contributed by atoms with Crippen molar-refractivity contribution in [3.05, 3.63) is 81.8 Å². The minimum atomic E-state index is -4.76. The van der Waals surface area contributed by atoms with E-state index in [0.29, 0.717) is 39.0 Å². The molecule has 1 heterocycles. The minimum Gasteiger partial charge on any atom is -0.744 e. The van der Waals surface area contributed by atoms with Gasteiger partial charge in [-0.1, -0.05) is 30.3 Å².